The molecule has 0 aromatic heterocycles. The Morgan fingerprint density at radius 3 is 2.52 bits per heavy atom. The molecule has 0 N–H and O–H groups in total. The van der Waals surface area contributed by atoms with Gasteiger partial charge in [-0.3, -0.25) is 4.90 Å². The number of carbonyl (C=O) groups excluding carboxylic acids is 1. The van der Waals surface area contributed by atoms with Crippen molar-refractivity contribution in [3.63, 3.8) is 0 Å². The van der Waals surface area contributed by atoms with Crippen molar-refractivity contribution in [1.82, 2.24) is 9.80 Å². The Labute approximate surface area is 146 Å². The minimum absolute atomic E-state index is 0.249. The first-order valence-electron chi connectivity index (χ1n) is 7.64. The first kappa shape index (κ1) is 17.8. The van der Waals surface area contributed by atoms with Crippen LogP contribution in [-0.4, -0.2) is 47.7 Å². The van der Waals surface area contributed by atoms with Gasteiger partial charge in [-0.1, -0.05) is 34.1 Å². The maximum Gasteiger partial charge on any atom is 0.410 e. The Balaban J connectivity index is 1.92. The van der Waals surface area contributed by atoms with Gasteiger partial charge in [-0.25, -0.2) is 9.64 Å². The zero-order chi connectivity index (χ0) is 17.0. The van der Waals surface area contributed by atoms with Crippen molar-refractivity contribution in [1.29, 1.82) is 0 Å². The van der Waals surface area contributed by atoms with Crippen LogP contribution in [0.5, 0.6) is 0 Å². The van der Waals surface area contributed by atoms with Gasteiger partial charge in [0.2, 0.25) is 0 Å². The van der Waals surface area contributed by atoms with E-state index in [1.54, 1.807) is 4.90 Å². The van der Waals surface area contributed by atoms with Gasteiger partial charge in [-0.15, -0.1) is 0 Å². The molecule has 5 nitrogen and oxygen atoms in total. The number of ether oxygens (including phenoxy) is 1. The maximum absolute atomic E-state index is 12.1. The number of hydrogen-bond acceptors (Lipinski definition) is 3. The number of halogens is 1. The van der Waals surface area contributed by atoms with Gasteiger partial charge in [0, 0.05) is 37.2 Å². The fourth-order valence-corrected chi connectivity index (χ4v) is 2.85. The van der Waals surface area contributed by atoms with Gasteiger partial charge in [-0.2, -0.15) is 0 Å². The van der Waals surface area contributed by atoms with E-state index in [0.29, 0.717) is 18.8 Å². The van der Waals surface area contributed by atoms with Gasteiger partial charge >= 0.3 is 6.09 Å². The molecule has 1 aromatic carbocycles. The molecular formula is C17H22BrN3O2. The minimum atomic E-state index is -0.463. The highest BCUT2D eigenvalue weighted by atomic mass is 79.9. The number of nitrogens with zero attached hydrogens (tertiary/aromatic N) is 3. The highest BCUT2D eigenvalue weighted by molar-refractivity contribution is 9.10. The summed E-state index contributed by atoms with van der Waals surface area (Å²) in [6, 6.07) is 5.72. The summed E-state index contributed by atoms with van der Waals surface area (Å²) in [6.07, 6.45) is -0.249. The summed E-state index contributed by atoms with van der Waals surface area (Å²) in [4.78, 5) is 19.7. The highest BCUT2D eigenvalue weighted by Crippen LogP contribution is 2.25. The zero-order valence-electron chi connectivity index (χ0n) is 13.8. The lowest BCUT2D eigenvalue weighted by Gasteiger charge is -2.35. The molecule has 1 aliphatic rings. The average molecular weight is 380 g/mol. The lowest BCUT2D eigenvalue weighted by molar-refractivity contribution is 0.0139. The SMILES string of the molecule is [C-]#[N+]c1ccc(Br)cc1CN1CCN(C(=O)OC(C)(C)C)CC1. The van der Waals surface area contributed by atoms with E-state index in [0.717, 1.165) is 29.7 Å². The van der Waals surface area contributed by atoms with E-state index >= 15 is 0 Å². The van der Waals surface area contributed by atoms with Crippen molar-refractivity contribution in [3.05, 3.63) is 39.7 Å². The van der Waals surface area contributed by atoms with E-state index < -0.39 is 5.60 Å². The fourth-order valence-electron chi connectivity index (χ4n) is 2.45. The van der Waals surface area contributed by atoms with Crippen LogP contribution in [0.3, 0.4) is 0 Å². The third-order valence-corrected chi connectivity index (χ3v) is 4.07. The number of amides is 1. The summed E-state index contributed by atoms with van der Waals surface area (Å²) in [6.45, 7) is 16.5. The average Bonchev–Trinajstić information content (AvgIpc) is 2.46. The van der Waals surface area contributed by atoms with Crippen LogP contribution in [0.2, 0.25) is 0 Å². The summed E-state index contributed by atoms with van der Waals surface area (Å²) in [5, 5.41) is 0. The smallest absolute Gasteiger partial charge is 0.410 e. The number of carbonyl (C=O) groups is 1. The largest absolute Gasteiger partial charge is 0.444 e. The predicted molar refractivity (Wildman–Crippen MR) is 93.5 cm³/mol. The Morgan fingerprint density at radius 2 is 1.96 bits per heavy atom. The summed E-state index contributed by atoms with van der Waals surface area (Å²) in [5.41, 5.74) is 1.23. The van der Waals surface area contributed by atoms with E-state index in [1.807, 2.05) is 39.0 Å². The second-order valence-corrected chi connectivity index (χ2v) is 7.54. The Morgan fingerprint density at radius 1 is 1.30 bits per heavy atom. The van der Waals surface area contributed by atoms with Crippen LogP contribution in [0.15, 0.2) is 22.7 Å². The summed E-state index contributed by atoms with van der Waals surface area (Å²) >= 11 is 3.46. The Hall–Kier alpha value is -1.58. The van der Waals surface area contributed by atoms with Crippen molar-refractivity contribution < 1.29 is 9.53 Å². The Kier molecular flexibility index (Phi) is 5.66. The van der Waals surface area contributed by atoms with Crippen LogP contribution in [0.1, 0.15) is 26.3 Å². The second kappa shape index (κ2) is 7.33. The number of hydrogen-bond donors (Lipinski definition) is 0. The third kappa shape index (κ3) is 5.22. The fraction of sp³-hybridized carbons (Fsp3) is 0.529. The number of benzene rings is 1. The molecule has 1 aliphatic heterocycles. The highest BCUT2D eigenvalue weighted by Gasteiger charge is 2.26. The predicted octanol–water partition coefficient (Wildman–Crippen LogP) is 4.05. The van der Waals surface area contributed by atoms with Crippen LogP contribution in [0.4, 0.5) is 10.5 Å². The van der Waals surface area contributed by atoms with Gasteiger partial charge in [-0.05, 0) is 26.3 Å². The van der Waals surface area contributed by atoms with E-state index in [4.69, 9.17) is 11.3 Å². The minimum Gasteiger partial charge on any atom is -0.444 e. The third-order valence-electron chi connectivity index (χ3n) is 3.58. The van der Waals surface area contributed by atoms with Gasteiger partial charge in [0.15, 0.2) is 5.69 Å². The van der Waals surface area contributed by atoms with E-state index in [1.165, 1.54) is 0 Å². The molecule has 0 spiro atoms. The van der Waals surface area contributed by atoms with Gasteiger partial charge in [0.25, 0.3) is 0 Å². The summed E-state index contributed by atoms with van der Waals surface area (Å²) in [7, 11) is 0. The molecule has 0 unspecified atom stereocenters. The summed E-state index contributed by atoms with van der Waals surface area (Å²) < 4.78 is 6.38. The topological polar surface area (TPSA) is 37.1 Å². The van der Waals surface area contributed by atoms with Crippen LogP contribution < -0.4 is 0 Å². The maximum atomic E-state index is 12.1. The van der Waals surface area contributed by atoms with Gasteiger partial charge < -0.3 is 9.64 Å². The standard InChI is InChI=1S/C17H22BrN3O2/c1-17(2,3)23-16(22)21-9-7-20(8-10-21)12-13-11-14(18)5-6-15(13)19-4/h5-6,11H,7-10,12H2,1-3H3. The molecule has 0 aliphatic carbocycles. The van der Waals surface area contributed by atoms with Crippen LogP contribution in [0, 0.1) is 6.57 Å². The van der Waals surface area contributed by atoms with Crippen LogP contribution in [-0.2, 0) is 11.3 Å². The molecular weight excluding hydrogens is 358 g/mol. The van der Waals surface area contributed by atoms with E-state index in [2.05, 4.69) is 25.7 Å². The van der Waals surface area contributed by atoms with Crippen molar-refractivity contribution >= 4 is 27.7 Å². The van der Waals surface area contributed by atoms with Crippen molar-refractivity contribution in [2.75, 3.05) is 26.2 Å². The van der Waals surface area contributed by atoms with Crippen molar-refractivity contribution in [3.8, 4) is 0 Å². The van der Waals surface area contributed by atoms with Gasteiger partial charge in [0.1, 0.15) is 5.60 Å². The number of piperazine rings is 1. The molecule has 0 saturated carbocycles. The van der Waals surface area contributed by atoms with Crippen LogP contribution >= 0.6 is 15.9 Å². The molecule has 23 heavy (non-hydrogen) atoms. The van der Waals surface area contributed by atoms with Crippen molar-refractivity contribution in [2.45, 2.75) is 32.9 Å². The molecule has 6 heteroatoms. The molecule has 0 atom stereocenters. The molecule has 1 saturated heterocycles. The Bertz CT molecular complexity index is 611. The second-order valence-electron chi connectivity index (χ2n) is 6.63. The first-order valence-corrected chi connectivity index (χ1v) is 8.44. The monoisotopic (exact) mass is 379 g/mol. The zero-order valence-corrected chi connectivity index (χ0v) is 15.4. The molecule has 124 valence electrons. The van der Waals surface area contributed by atoms with Gasteiger partial charge in [0.05, 0.1) is 6.57 Å². The quantitative estimate of drug-likeness (QED) is 0.727. The van der Waals surface area contributed by atoms with Crippen molar-refractivity contribution in [2.24, 2.45) is 0 Å². The molecule has 0 bridgehead atoms. The summed E-state index contributed by atoms with van der Waals surface area (Å²) in [5.74, 6) is 0. The normalized spacial score (nSPS) is 16.0. The molecule has 1 fully saturated rings. The molecule has 1 heterocycles. The van der Waals surface area contributed by atoms with E-state index in [9.17, 15) is 4.79 Å². The molecule has 1 amide bonds. The van der Waals surface area contributed by atoms with E-state index in [-0.39, 0.29) is 6.09 Å². The lowest BCUT2D eigenvalue weighted by atomic mass is 10.1. The molecule has 0 radical (unpaired) electrons. The molecule has 1 aromatic rings. The first-order chi connectivity index (χ1) is 10.8. The lowest BCUT2D eigenvalue weighted by Crippen LogP contribution is -2.49. The van der Waals surface area contributed by atoms with Crippen LogP contribution in [0.25, 0.3) is 4.85 Å². The molecule has 2 rings (SSSR count). The number of rotatable bonds is 2.